The zero-order valence-corrected chi connectivity index (χ0v) is 31.3. The van der Waals surface area contributed by atoms with E-state index < -0.39 is 21.2 Å². The van der Waals surface area contributed by atoms with Crippen LogP contribution in [0.15, 0.2) is 36.4 Å². The first-order valence-corrected chi connectivity index (χ1v) is 20.0. The summed E-state index contributed by atoms with van der Waals surface area (Å²) in [4.78, 5) is 18.1. The van der Waals surface area contributed by atoms with Crippen LogP contribution in [-0.4, -0.2) is 76.7 Å². The van der Waals surface area contributed by atoms with E-state index in [4.69, 9.17) is 25.8 Å². The third-order valence-electron chi connectivity index (χ3n) is 12.0. The van der Waals surface area contributed by atoms with Gasteiger partial charge in [-0.15, -0.1) is 0 Å². The number of nitrogens with zero attached hydrogens (tertiary/aromatic N) is 2. The van der Waals surface area contributed by atoms with Gasteiger partial charge < -0.3 is 19.1 Å². The van der Waals surface area contributed by atoms with Crippen LogP contribution in [0.2, 0.25) is 5.02 Å². The van der Waals surface area contributed by atoms with Crippen LogP contribution in [0.25, 0.3) is 0 Å². The molecule has 1 saturated carbocycles. The van der Waals surface area contributed by atoms with Crippen molar-refractivity contribution in [3.63, 3.8) is 0 Å². The number of fused-ring (bicyclic) bond motifs is 3. The van der Waals surface area contributed by atoms with Crippen molar-refractivity contribution >= 4 is 33.2 Å². The smallest absolute Gasteiger partial charge is 0.264 e. The van der Waals surface area contributed by atoms with Gasteiger partial charge in [-0.2, -0.15) is 0 Å². The van der Waals surface area contributed by atoms with E-state index >= 15 is 0 Å². The Morgan fingerprint density at radius 3 is 2.43 bits per heavy atom. The van der Waals surface area contributed by atoms with Gasteiger partial charge in [0, 0.05) is 29.6 Å². The van der Waals surface area contributed by atoms with E-state index in [-0.39, 0.29) is 23.7 Å². The van der Waals surface area contributed by atoms with Crippen LogP contribution in [0.5, 0.6) is 5.75 Å². The summed E-state index contributed by atoms with van der Waals surface area (Å²) in [5.41, 5.74) is 3.24. The van der Waals surface area contributed by atoms with Gasteiger partial charge in [-0.25, -0.2) is 13.1 Å². The molecule has 1 saturated heterocycles. The number of likely N-dealkylation sites (N-methyl/N-ethyl adjacent to an activating group) is 1. The van der Waals surface area contributed by atoms with E-state index in [1.54, 1.807) is 13.0 Å². The number of amides is 1. The highest BCUT2D eigenvalue weighted by Gasteiger charge is 2.45. The van der Waals surface area contributed by atoms with Crippen LogP contribution < -0.4 is 14.4 Å². The van der Waals surface area contributed by atoms with Gasteiger partial charge in [0.2, 0.25) is 10.0 Å². The van der Waals surface area contributed by atoms with E-state index in [2.05, 4.69) is 35.5 Å². The molecule has 0 aromatic heterocycles. The van der Waals surface area contributed by atoms with E-state index in [1.807, 2.05) is 37.3 Å². The van der Waals surface area contributed by atoms with Crippen LogP contribution in [0.3, 0.4) is 0 Å². The summed E-state index contributed by atoms with van der Waals surface area (Å²) in [6, 6.07) is 11.3. The minimum atomic E-state index is -3.91. The van der Waals surface area contributed by atoms with Crippen LogP contribution in [0, 0.1) is 23.7 Å². The van der Waals surface area contributed by atoms with Crippen LogP contribution in [0.4, 0.5) is 5.69 Å². The molecule has 0 radical (unpaired) electrons. The molecule has 49 heavy (non-hydrogen) atoms. The molecular formula is C38H54ClN3O6S. The number of anilines is 1. The summed E-state index contributed by atoms with van der Waals surface area (Å²) in [7, 11) is 0.224. The second kappa shape index (κ2) is 15.1. The van der Waals surface area contributed by atoms with Gasteiger partial charge in [-0.3, -0.25) is 9.69 Å². The van der Waals surface area contributed by atoms with Crippen molar-refractivity contribution in [2.45, 2.75) is 95.8 Å². The second-order valence-electron chi connectivity index (χ2n) is 15.4. The van der Waals surface area contributed by atoms with Crippen molar-refractivity contribution in [3.8, 4) is 5.75 Å². The summed E-state index contributed by atoms with van der Waals surface area (Å²) >= 11 is 6.38. The standard InChI is InChI=1S/C38H54ClN3O6S/c1-25-9-8-11-33(37-47-23-38(3,24-48-37)41(4)5)32-16-13-29(32)21-42-18-7-6-10-27-19-31(39)15-12-30(27)22-46-35-17-14-28(20-34(35)42)36(43)40-49(44,45)26(25)2/h12,14-15,17,19-20,25-26,29,32-33,37H,6-11,13,16,18,21-24H2,1-5H3,(H,40,43)/t25-,26+,29-,32+,33-,37?,38?/m0/s1. The fraction of sp³-hybridized carbons (Fsp3) is 0.658. The van der Waals surface area contributed by atoms with Gasteiger partial charge >= 0.3 is 0 Å². The molecule has 1 amide bonds. The number of halogens is 1. The minimum Gasteiger partial charge on any atom is -0.487 e. The first-order chi connectivity index (χ1) is 23.3. The van der Waals surface area contributed by atoms with Gasteiger partial charge in [-0.05, 0) is 132 Å². The molecule has 6 rings (SSSR count). The number of nitrogens with one attached hydrogen (secondary N) is 1. The van der Waals surface area contributed by atoms with E-state index in [1.165, 1.54) is 5.56 Å². The third kappa shape index (κ3) is 8.09. The fourth-order valence-corrected chi connectivity index (χ4v) is 9.42. The molecule has 3 aliphatic heterocycles. The number of benzene rings is 2. The van der Waals surface area contributed by atoms with E-state index in [0.717, 1.165) is 80.7 Å². The Labute approximate surface area is 298 Å². The van der Waals surface area contributed by atoms with Crippen molar-refractivity contribution in [2.75, 3.05) is 45.3 Å². The topological polar surface area (TPSA) is 97.4 Å². The van der Waals surface area contributed by atoms with E-state index in [9.17, 15) is 13.2 Å². The number of carbonyl (C=O) groups is 1. The quantitative estimate of drug-likeness (QED) is 0.369. The minimum absolute atomic E-state index is 0.129. The number of aryl methyl sites for hydroxylation is 1. The predicted octanol–water partition coefficient (Wildman–Crippen LogP) is 6.67. The van der Waals surface area contributed by atoms with Crippen LogP contribution in [-0.2, 0) is 32.5 Å². The maximum atomic E-state index is 13.5. The molecule has 2 bridgehead atoms. The van der Waals surface area contributed by atoms with Gasteiger partial charge in [0.25, 0.3) is 5.91 Å². The van der Waals surface area contributed by atoms with Crippen molar-refractivity contribution in [1.82, 2.24) is 9.62 Å². The number of ether oxygens (including phenoxy) is 3. The lowest BCUT2D eigenvalue weighted by atomic mass is 9.65. The fourth-order valence-electron chi connectivity index (χ4n) is 7.92. The Hall–Kier alpha value is -2.37. The SMILES string of the molecule is C[C@@H]1[C@@H](C)CCC[C@H](C2OCC(C)(N(C)C)CO2)[C@@H]2CC[C@H]2CN2CCCCc3cc(Cl)ccc3COc3ccc(cc32)C(=O)NS1(=O)=O. The molecule has 2 aromatic carbocycles. The van der Waals surface area contributed by atoms with Gasteiger partial charge in [-0.1, -0.05) is 31.0 Å². The molecule has 1 N–H and O–H groups in total. The second-order valence-corrected chi connectivity index (χ2v) is 17.9. The van der Waals surface area contributed by atoms with Gasteiger partial charge in [0.15, 0.2) is 6.29 Å². The van der Waals surface area contributed by atoms with Crippen LogP contribution >= 0.6 is 11.6 Å². The molecule has 3 heterocycles. The van der Waals surface area contributed by atoms with Crippen molar-refractivity contribution < 1.29 is 27.4 Å². The van der Waals surface area contributed by atoms with Crippen molar-refractivity contribution in [1.29, 1.82) is 0 Å². The average molecular weight is 716 g/mol. The monoisotopic (exact) mass is 715 g/mol. The van der Waals surface area contributed by atoms with Gasteiger partial charge in [0.05, 0.1) is 29.7 Å². The first-order valence-electron chi connectivity index (χ1n) is 18.1. The third-order valence-corrected chi connectivity index (χ3v) is 14.1. The zero-order chi connectivity index (χ0) is 34.9. The number of hydrogen-bond acceptors (Lipinski definition) is 8. The summed E-state index contributed by atoms with van der Waals surface area (Å²) in [5.74, 6) is 0.993. The molecular weight excluding hydrogens is 662 g/mol. The molecule has 2 aromatic rings. The molecule has 9 nitrogen and oxygen atoms in total. The molecule has 0 unspecified atom stereocenters. The maximum Gasteiger partial charge on any atom is 0.264 e. The van der Waals surface area contributed by atoms with E-state index in [0.29, 0.717) is 43.0 Å². The van der Waals surface area contributed by atoms with Crippen molar-refractivity contribution in [2.24, 2.45) is 23.7 Å². The first kappa shape index (κ1) is 36.4. The largest absolute Gasteiger partial charge is 0.487 e. The summed E-state index contributed by atoms with van der Waals surface area (Å²) in [6.45, 7) is 9.04. The number of carbonyl (C=O) groups excluding carboxylic acids is 1. The lowest BCUT2D eigenvalue weighted by Gasteiger charge is -2.50. The highest BCUT2D eigenvalue weighted by Crippen LogP contribution is 2.47. The van der Waals surface area contributed by atoms with Gasteiger partial charge in [0.1, 0.15) is 12.4 Å². The summed E-state index contributed by atoms with van der Waals surface area (Å²) in [6.07, 6.45) is 7.28. The Morgan fingerprint density at radius 2 is 1.71 bits per heavy atom. The Kier molecular flexibility index (Phi) is 11.2. The summed E-state index contributed by atoms with van der Waals surface area (Å²) in [5, 5.41) is -0.00670. The lowest BCUT2D eigenvalue weighted by Crippen LogP contribution is -2.57. The Morgan fingerprint density at radius 1 is 0.939 bits per heavy atom. The molecule has 0 spiro atoms. The Balaban J connectivity index is 1.35. The molecule has 4 aliphatic rings. The molecule has 270 valence electrons. The average Bonchev–Trinajstić information content (AvgIpc) is 3.08. The lowest BCUT2D eigenvalue weighted by molar-refractivity contribution is -0.260. The molecule has 5 atom stereocenters. The Bertz CT molecular complexity index is 1590. The highest BCUT2D eigenvalue weighted by atomic mass is 35.5. The number of rotatable bonds is 2. The maximum absolute atomic E-state index is 13.5. The number of sulfonamides is 1. The predicted molar refractivity (Wildman–Crippen MR) is 194 cm³/mol. The van der Waals surface area contributed by atoms with Crippen LogP contribution in [0.1, 0.15) is 87.2 Å². The summed E-state index contributed by atoms with van der Waals surface area (Å²) < 4.78 is 48.9. The zero-order valence-electron chi connectivity index (χ0n) is 29.8. The molecule has 2 fully saturated rings. The highest BCUT2D eigenvalue weighted by molar-refractivity contribution is 7.90. The molecule has 1 aliphatic carbocycles. The molecule has 11 heteroatoms. The number of hydrogen-bond donors (Lipinski definition) is 1. The normalized spacial score (nSPS) is 32.8. The van der Waals surface area contributed by atoms with Crippen molar-refractivity contribution in [3.05, 3.63) is 58.1 Å².